The normalized spacial score (nSPS) is 15.9. The number of ether oxygens (including phenoxy) is 1. The summed E-state index contributed by atoms with van der Waals surface area (Å²) in [5.74, 6) is -0.204. The number of benzene rings is 2. The second-order valence-corrected chi connectivity index (χ2v) is 8.93. The van der Waals surface area contributed by atoms with Gasteiger partial charge >= 0.3 is 5.97 Å². The molecule has 29 heavy (non-hydrogen) atoms. The Morgan fingerprint density at radius 2 is 2.07 bits per heavy atom. The summed E-state index contributed by atoms with van der Waals surface area (Å²) in [5.41, 5.74) is 2.86. The summed E-state index contributed by atoms with van der Waals surface area (Å²) in [7, 11) is 0. The average molecular weight is 429 g/mol. The number of aromatic nitrogens is 1. The molecule has 0 radical (unpaired) electrons. The predicted molar refractivity (Wildman–Crippen MR) is 114 cm³/mol. The molecule has 1 aliphatic rings. The Hall–Kier alpha value is -2.58. The van der Waals surface area contributed by atoms with Crippen molar-refractivity contribution in [2.45, 2.75) is 30.3 Å². The molecule has 2 heterocycles. The fourth-order valence-electron chi connectivity index (χ4n) is 3.41. The molecular weight excluding hydrogens is 408 g/mol. The van der Waals surface area contributed by atoms with E-state index in [4.69, 9.17) is 4.74 Å². The quantitative estimate of drug-likeness (QED) is 0.601. The zero-order valence-electron chi connectivity index (χ0n) is 15.8. The minimum atomic E-state index is -0.971. The summed E-state index contributed by atoms with van der Waals surface area (Å²) in [4.78, 5) is 30.6. The third-order valence-electron chi connectivity index (χ3n) is 4.82. The maximum atomic E-state index is 12.8. The van der Waals surface area contributed by atoms with Crippen molar-refractivity contribution in [1.29, 1.82) is 0 Å². The number of carbonyl (C=O) groups excluding carboxylic acids is 1. The molecule has 150 valence electrons. The van der Waals surface area contributed by atoms with E-state index in [-0.39, 0.29) is 11.7 Å². The number of carboxylic acid groups (broad SMARTS) is 1. The Morgan fingerprint density at radius 1 is 1.28 bits per heavy atom. The van der Waals surface area contributed by atoms with Crippen LogP contribution in [-0.2, 0) is 22.6 Å². The molecule has 4 rings (SSSR count). The van der Waals surface area contributed by atoms with Crippen molar-refractivity contribution in [2.24, 2.45) is 0 Å². The first-order chi connectivity index (χ1) is 14.0. The Morgan fingerprint density at radius 3 is 2.83 bits per heavy atom. The highest BCUT2D eigenvalue weighted by Gasteiger charge is 2.34. The van der Waals surface area contributed by atoms with Crippen LogP contribution in [0.3, 0.4) is 0 Å². The lowest BCUT2D eigenvalue weighted by molar-refractivity contribution is -0.150. The number of hydrogen-bond donors (Lipinski definition) is 1. The summed E-state index contributed by atoms with van der Waals surface area (Å²) in [5, 5.41) is 9.61. The topological polar surface area (TPSA) is 79.7 Å². The number of nitrogens with zero attached hydrogens (tertiary/aromatic N) is 2. The van der Waals surface area contributed by atoms with Crippen LogP contribution in [0.4, 0.5) is 0 Å². The Kier molecular flexibility index (Phi) is 5.73. The molecule has 1 N–H and O–H groups in total. The number of hydrogen-bond acceptors (Lipinski definition) is 6. The SMILES string of the molecule is CCOc1ccc2nc(SCC(=O)N3Cc4ccccc4C[C@@H]3C(=O)O)sc2c1. The lowest BCUT2D eigenvalue weighted by atomic mass is 9.94. The van der Waals surface area contributed by atoms with Crippen LogP contribution in [0.15, 0.2) is 46.8 Å². The van der Waals surface area contributed by atoms with Crippen LogP contribution in [0.5, 0.6) is 5.75 Å². The van der Waals surface area contributed by atoms with E-state index in [0.717, 1.165) is 31.4 Å². The van der Waals surface area contributed by atoms with E-state index >= 15 is 0 Å². The number of amides is 1. The number of aliphatic carboxylic acids is 1. The van der Waals surface area contributed by atoms with Gasteiger partial charge in [0.05, 0.1) is 22.6 Å². The first-order valence-corrected chi connectivity index (χ1v) is 11.1. The van der Waals surface area contributed by atoms with Crippen LogP contribution in [-0.4, -0.2) is 45.3 Å². The minimum absolute atomic E-state index is 0.157. The molecule has 0 aliphatic carbocycles. The predicted octanol–water partition coefficient (Wildman–Crippen LogP) is 3.83. The number of carboxylic acids is 1. The van der Waals surface area contributed by atoms with E-state index < -0.39 is 12.0 Å². The zero-order valence-corrected chi connectivity index (χ0v) is 17.5. The van der Waals surface area contributed by atoms with Gasteiger partial charge in [0.15, 0.2) is 4.34 Å². The minimum Gasteiger partial charge on any atom is -0.494 e. The van der Waals surface area contributed by atoms with Gasteiger partial charge < -0.3 is 14.7 Å². The van der Waals surface area contributed by atoms with Crippen LogP contribution in [0, 0.1) is 0 Å². The number of rotatable bonds is 6. The first-order valence-electron chi connectivity index (χ1n) is 9.30. The molecule has 1 aromatic heterocycles. The van der Waals surface area contributed by atoms with Crippen molar-refractivity contribution in [3.63, 3.8) is 0 Å². The molecule has 1 aliphatic heterocycles. The Balaban J connectivity index is 1.47. The smallest absolute Gasteiger partial charge is 0.326 e. The molecule has 1 amide bonds. The highest BCUT2D eigenvalue weighted by atomic mass is 32.2. The second kappa shape index (κ2) is 8.42. The molecule has 2 aromatic carbocycles. The van der Waals surface area contributed by atoms with E-state index in [1.807, 2.05) is 49.4 Å². The van der Waals surface area contributed by atoms with Gasteiger partial charge in [0.2, 0.25) is 5.91 Å². The lowest BCUT2D eigenvalue weighted by Gasteiger charge is -2.34. The van der Waals surface area contributed by atoms with Gasteiger partial charge in [-0.15, -0.1) is 11.3 Å². The van der Waals surface area contributed by atoms with Gasteiger partial charge in [-0.2, -0.15) is 0 Å². The highest BCUT2D eigenvalue weighted by molar-refractivity contribution is 8.01. The fraction of sp³-hybridized carbons (Fsp3) is 0.286. The summed E-state index contributed by atoms with van der Waals surface area (Å²) < 4.78 is 7.30. The van der Waals surface area contributed by atoms with Crippen molar-refractivity contribution in [3.05, 3.63) is 53.6 Å². The van der Waals surface area contributed by atoms with E-state index in [9.17, 15) is 14.7 Å². The monoisotopic (exact) mass is 428 g/mol. The number of fused-ring (bicyclic) bond motifs is 2. The van der Waals surface area contributed by atoms with Crippen LogP contribution >= 0.6 is 23.1 Å². The average Bonchev–Trinajstić information content (AvgIpc) is 3.13. The van der Waals surface area contributed by atoms with Crippen LogP contribution in [0.25, 0.3) is 10.2 Å². The molecule has 0 saturated carbocycles. The first kappa shape index (κ1) is 19.7. The van der Waals surface area contributed by atoms with Gasteiger partial charge in [-0.1, -0.05) is 36.0 Å². The summed E-state index contributed by atoms with van der Waals surface area (Å²) in [6.07, 6.45) is 0.337. The van der Waals surface area contributed by atoms with E-state index in [2.05, 4.69) is 4.98 Å². The standard InChI is InChI=1S/C21H20N2O4S2/c1-2-27-15-7-8-16-18(10-15)29-21(22-16)28-12-19(24)23-11-14-6-4-3-5-13(14)9-17(23)20(25)26/h3-8,10,17H,2,9,11-12H2,1H3,(H,25,26)/t17-/m1/s1. The molecule has 8 heteroatoms. The molecule has 0 unspecified atom stereocenters. The highest BCUT2D eigenvalue weighted by Crippen LogP contribution is 2.32. The number of thiazole rings is 1. The molecule has 0 spiro atoms. The molecule has 3 aromatic rings. The lowest BCUT2D eigenvalue weighted by Crippen LogP contribution is -2.49. The van der Waals surface area contributed by atoms with Gasteiger partial charge in [-0.25, -0.2) is 9.78 Å². The Labute approximate surface area is 176 Å². The largest absolute Gasteiger partial charge is 0.494 e. The van der Waals surface area contributed by atoms with Crippen LogP contribution in [0.2, 0.25) is 0 Å². The summed E-state index contributed by atoms with van der Waals surface area (Å²) in [6.45, 7) is 2.86. The van der Waals surface area contributed by atoms with Crippen molar-refractivity contribution < 1.29 is 19.4 Å². The van der Waals surface area contributed by atoms with Crippen molar-refractivity contribution in [2.75, 3.05) is 12.4 Å². The zero-order chi connectivity index (χ0) is 20.4. The van der Waals surface area contributed by atoms with Crippen LogP contribution < -0.4 is 4.74 Å². The van der Waals surface area contributed by atoms with E-state index in [0.29, 0.717) is 19.6 Å². The molecule has 0 saturated heterocycles. The van der Waals surface area contributed by atoms with Gasteiger partial charge in [0.25, 0.3) is 0 Å². The van der Waals surface area contributed by atoms with Crippen molar-refractivity contribution in [3.8, 4) is 5.75 Å². The Bertz CT molecular complexity index is 1070. The molecule has 1 atom stereocenters. The number of carbonyl (C=O) groups is 2. The molecule has 6 nitrogen and oxygen atoms in total. The maximum absolute atomic E-state index is 12.8. The second-order valence-electron chi connectivity index (χ2n) is 6.68. The van der Waals surface area contributed by atoms with Gasteiger partial charge in [-0.3, -0.25) is 4.79 Å². The van der Waals surface area contributed by atoms with Gasteiger partial charge in [-0.05, 0) is 36.2 Å². The summed E-state index contributed by atoms with van der Waals surface area (Å²) in [6, 6.07) is 12.6. The molecular formula is C21H20N2O4S2. The number of thioether (sulfide) groups is 1. The van der Waals surface area contributed by atoms with E-state index in [1.54, 1.807) is 0 Å². The van der Waals surface area contributed by atoms with Crippen molar-refractivity contribution in [1.82, 2.24) is 9.88 Å². The van der Waals surface area contributed by atoms with Gasteiger partial charge in [0, 0.05) is 13.0 Å². The molecule has 0 bridgehead atoms. The third-order valence-corrected chi connectivity index (χ3v) is 6.97. The van der Waals surface area contributed by atoms with Crippen LogP contribution in [0.1, 0.15) is 18.1 Å². The fourth-order valence-corrected chi connectivity index (χ4v) is 5.40. The maximum Gasteiger partial charge on any atom is 0.326 e. The van der Waals surface area contributed by atoms with Crippen molar-refractivity contribution >= 4 is 45.2 Å². The summed E-state index contributed by atoms with van der Waals surface area (Å²) >= 11 is 2.85. The van der Waals surface area contributed by atoms with Gasteiger partial charge in [0.1, 0.15) is 11.8 Å². The van der Waals surface area contributed by atoms with E-state index in [1.165, 1.54) is 28.0 Å². The third kappa shape index (κ3) is 4.23. The molecule has 0 fully saturated rings.